The molecule has 0 fully saturated rings. The molecular formula is C10H14N2O5S. The summed E-state index contributed by atoms with van der Waals surface area (Å²) >= 11 is 0. The topological polar surface area (TPSA) is 131 Å². The van der Waals surface area contributed by atoms with Crippen LogP contribution >= 0.6 is 0 Å². The van der Waals surface area contributed by atoms with Crippen LogP contribution in [0.15, 0.2) is 23.4 Å². The first-order chi connectivity index (χ1) is 8.37. The van der Waals surface area contributed by atoms with E-state index in [-0.39, 0.29) is 13.0 Å². The third-order valence-corrected chi connectivity index (χ3v) is 3.62. The van der Waals surface area contributed by atoms with Gasteiger partial charge >= 0.3 is 5.24 Å². The standard InChI is InChI=1S/C10H14N2O5S/c11-10(15)18(16,17)9-5-7(3-4-12-9)1-2-8(14)6-13/h3-5,8,13-14H,1-2,6H2,(H2,11,15)/t8-/m0/s1. The Balaban J connectivity index is 2.90. The van der Waals surface area contributed by atoms with Gasteiger partial charge in [0.1, 0.15) is 0 Å². The monoisotopic (exact) mass is 274 g/mol. The fourth-order valence-electron chi connectivity index (χ4n) is 1.28. The predicted octanol–water partition coefficient (Wildman–Crippen LogP) is -0.780. The van der Waals surface area contributed by atoms with Crippen LogP contribution in [-0.4, -0.2) is 41.6 Å². The van der Waals surface area contributed by atoms with Gasteiger partial charge in [0.15, 0.2) is 5.03 Å². The zero-order valence-corrected chi connectivity index (χ0v) is 10.3. The van der Waals surface area contributed by atoms with E-state index < -0.39 is 26.2 Å². The van der Waals surface area contributed by atoms with Crippen molar-refractivity contribution in [3.63, 3.8) is 0 Å². The third-order valence-electron chi connectivity index (χ3n) is 2.32. The van der Waals surface area contributed by atoms with E-state index in [9.17, 15) is 18.3 Å². The van der Waals surface area contributed by atoms with Gasteiger partial charge in [-0.1, -0.05) is 0 Å². The second-order valence-corrected chi connectivity index (χ2v) is 5.53. The van der Waals surface area contributed by atoms with Crippen LogP contribution in [0.4, 0.5) is 4.79 Å². The predicted molar refractivity (Wildman–Crippen MR) is 62.4 cm³/mol. The Morgan fingerprint density at radius 1 is 1.50 bits per heavy atom. The maximum absolute atomic E-state index is 11.5. The van der Waals surface area contributed by atoms with Crippen LogP contribution in [0.1, 0.15) is 12.0 Å². The van der Waals surface area contributed by atoms with Crippen molar-refractivity contribution < 1.29 is 23.4 Å². The lowest BCUT2D eigenvalue weighted by Crippen LogP contribution is -2.22. The number of sulfone groups is 1. The maximum atomic E-state index is 11.5. The fourth-order valence-corrected chi connectivity index (χ4v) is 1.99. The van der Waals surface area contributed by atoms with Crippen molar-refractivity contribution in [1.82, 2.24) is 4.98 Å². The summed E-state index contributed by atoms with van der Waals surface area (Å²) < 4.78 is 22.9. The number of carbonyl (C=O) groups is 1. The first-order valence-corrected chi connectivity index (χ1v) is 6.64. The van der Waals surface area contributed by atoms with E-state index in [1.807, 2.05) is 0 Å². The molecule has 7 nitrogen and oxygen atoms in total. The van der Waals surface area contributed by atoms with Gasteiger partial charge in [-0.2, -0.15) is 0 Å². The summed E-state index contributed by atoms with van der Waals surface area (Å²) in [4.78, 5) is 14.3. The molecule has 0 saturated carbocycles. The van der Waals surface area contributed by atoms with Crippen molar-refractivity contribution in [2.75, 3.05) is 6.61 Å². The van der Waals surface area contributed by atoms with Gasteiger partial charge in [-0.25, -0.2) is 13.4 Å². The van der Waals surface area contributed by atoms with E-state index in [1.165, 1.54) is 12.3 Å². The average Bonchev–Trinajstić information content (AvgIpc) is 2.36. The van der Waals surface area contributed by atoms with E-state index >= 15 is 0 Å². The lowest BCUT2D eigenvalue weighted by atomic mass is 10.1. The average molecular weight is 274 g/mol. The molecule has 0 unspecified atom stereocenters. The number of primary amides is 1. The fraction of sp³-hybridized carbons (Fsp3) is 0.400. The second-order valence-electron chi connectivity index (χ2n) is 3.70. The first kappa shape index (κ1) is 14.6. The number of hydrogen-bond donors (Lipinski definition) is 3. The molecule has 1 heterocycles. The molecule has 1 amide bonds. The van der Waals surface area contributed by atoms with E-state index in [1.54, 1.807) is 6.07 Å². The highest BCUT2D eigenvalue weighted by atomic mass is 32.2. The van der Waals surface area contributed by atoms with Crippen molar-refractivity contribution in [3.05, 3.63) is 23.9 Å². The maximum Gasteiger partial charge on any atom is 0.340 e. The number of hydrogen-bond acceptors (Lipinski definition) is 6. The number of carbonyl (C=O) groups excluding carboxylic acids is 1. The zero-order chi connectivity index (χ0) is 13.8. The molecule has 0 aromatic carbocycles. The molecule has 0 bridgehead atoms. The Bertz CT molecular complexity index is 529. The van der Waals surface area contributed by atoms with Crippen molar-refractivity contribution in [3.8, 4) is 0 Å². The third kappa shape index (κ3) is 3.49. The number of rotatable bonds is 5. The number of nitrogens with zero attached hydrogens (tertiary/aromatic N) is 1. The van der Waals surface area contributed by atoms with Crippen molar-refractivity contribution in [2.45, 2.75) is 24.0 Å². The van der Waals surface area contributed by atoms with Gasteiger partial charge in [0.25, 0.3) is 9.84 Å². The molecule has 4 N–H and O–H groups in total. The van der Waals surface area contributed by atoms with Gasteiger partial charge in [-0.15, -0.1) is 0 Å². The first-order valence-electron chi connectivity index (χ1n) is 5.16. The van der Waals surface area contributed by atoms with Crippen LogP contribution in [0.5, 0.6) is 0 Å². The summed E-state index contributed by atoms with van der Waals surface area (Å²) in [6.45, 7) is -0.364. The lowest BCUT2D eigenvalue weighted by molar-refractivity contribution is 0.0885. The van der Waals surface area contributed by atoms with Crippen LogP contribution in [-0.2, 0) is 16.3 Å². The van der Waals surface area contributed by atoms with E-state index in [0.29, 0.717) is 12.0 Å². The number of amides is 1. The highest BCUT2D eigenvalue weighted by Crippen LogP contribution is 2.12. The Hall–Kier alpha value is -1.51. The number of aromatic nitrogens is 1. The van der Waals surface area contributed by atoms with Gasteiger partial charge < -0.3 is 15.9 Å². The quantitative estimate of drug-likeness (QED) is 0.645. The molecule has 0 spiro atoms. The number of aliphatic hydroxyl groups is 2. The molecule has 1 aromatic rings. The normalized spacial score (nSPS) is 13.2. The Morgan fingerprint density at radius 3 is 2.72 bits per heavy atom. The number of aliphatic hydroxyl groups excluding tert-OH is 2. The minimum atomic E-state index is -4.23. The van der Waals surface area contributed by atoms with E-state index in [0.717, 1.165) is 0 Å². The molecule has 1 aromatic heterocycles. The molecule has 0 aliphatic heterocycles. The van der Waals surface area contributed by atoms with Crippen LogP contribution in [0, 0.1) is 0 Å². The highest BCUT2D eigenvalue weighted by Gasteiger charge is 2.23. The molecule has 8 heteroatoms. The van der Waals surface area contributed by atoms with Crippen molar-refractivity contribution in [1.29, 1.82) is 0 Å². The molecule has 0 radical (unpaired) electrons. The van der Waals surface area contributed by atoms with Gasteiger partial charge in [0.05, 0.1) is 12.7 Å². The van der Waals surface area contributed by atoms with Crippen LogP contribution in [0.25, 0.3) is 0 Å². The van der Waals surface area contributed by atoms with Gasteiger partial charge in [0, 0.05) is 6.20 Å². The molecule has 0 aliphatic rings. The van der Waals surface area contributed by atoms with Gasteiger partial charge in [-0.3, -0.25) is 4.79 Å². The summed E-state index contributed by atoms with van der Waals surface area (Å²) in [5.74, 6) is 0. The summed E-state index contributed by atoms with van der Waals surface area (Å²) in [5.41, 5.74) is 5.34. The second kappa shape index (κ2) is 5.89. The Morgan fingerprint density at radius 2 is 2.17 bits per heavy atom. The van der Waals surface area contributed by atoms with Crippen LogP contribution in [0.3, 0.4) is 0 Å². The van der Waals surface area contributed by atoms with E-state index in [4.69, 9.17) is 10.8 Å². The van der Waals surface area contributed by atoms with Crippen LogP contribution < -0.4 is 5.73 Å². The molecular weight excluding hydrogens is 260 g/mol. The molecule has 1 rings (SSSR count). The minimum Gasteiger partial charge on any atom is -0.394 e. The molecule has 0 saturated heterocycles. The lowest BCUT2D eigenvalue weighted by Gasteiger charge is -2.07. The summed E-state index contributed by atoms with van der Waals surface area (Å²) in [6.07, 6.45) is 1.01. The summed E-state index contributed by atoms with van der Waals surface area (Å²) in [7, 11) is -4.23. The highest BCUT2D eigenvalue weighted by molar-refractivity contribution is 8.05. The number of aryl methyl sites for hydroxylation is 1. The van der Waals surface area contributed by atoms with Crippen LogP contribution in [0.2, 0.25) is 0 Å². The smallest absolute Gasteiger partial charge is 0.340 e. The van der Waals surface area contributed by atoms with Crippen molar-refractivity contribution >= 4 is 15.1 Å². The molecule has 0 aliphatic carbocycles. The summed E-state index contributed by atoms with van der Waals surface area (Å²) in [6, 6.07) is 2.79. The number of nitrogens with two attached hydrogens (primary N) is 1. The van der Waals surface area contributed by atoms with Gasteiger partial charge in [0.2, 0.25) is 0 Å². The molecule has 18 heavy (non-hydrogen) atoms. The Labute approximate surface area is 104 Å². The van der Waals surface area contributed by atoms with Crippen molar-refractivity contribution in [2.24, 2.45) is 5.73 Å². The Kier molecular flexibility index (Phi) is 4.76. The largest absolute Gasteiger partial charge is 0.394 e. The van der Waals surface area contributed by atoms with Gasteiger partial charge in [-0.05, 0) is 30.5 Å². The molecule has 1 atom stereocenters. The molecule has 100 valence electrons. The SMILES string of the molecule is NC(=O)S(=O)(=O)c1cc(CC[C@H](O)CO)ccn1. The number of pyridine rings is 1. The zero-order valence-electron chi connectivity index (χ0n) is 9.48. The summed E-state index contributed by atoms with van der Waals surface area (Å²) in [5, 5.41) is 16.0. The van der Waals surface area contributed by atoms with E-state index in [2.05, 4.69) is 4.98 Å². The minimum absolute atomic E-state index is 0.274.